The Morgan fingerprint density at radius 1 is 1.13 bits per heavy atom. The normalized spacial score (nSPS) is 25.7. The molecule has 0 bridgehead atoms. The van der Waals surface area contributed by atoms with Gasteiger partial charge < -0.3 is 15.5 Å². The first kappa shape index (κ1) is 23.2. The molecule has 3 rings (SSSR count). The molecule has 1 heterocycles. The van der Waals surface area contributed by atoms with Crippen LogP contribution in [0.3, 0.4) is 0 Å². The van der Waals surface area contributed by atoms with Gasteiger partial charge in [0.25, 0.3) is 0 Å². The first-order valence-corrected chi connectivity index (χ1v) is 10.0. The molecule has 0 spiro atoms. The summed E-state index contributed by atoms with van der Waals surface area (Å²) in [7, 11) is 0. The molecule has 2 fully saturated rings. The number of urea groups is 1. The summed E-state index contributed by atoms with van der Waals surface area (Å²) >= 11 is 0. The Morgan fingerprint density at radius 3 is 2.26 bits per heavy atom. The predicted octanol–water partition coefficient (Wildman–Crippen LogP) is 4.04. The second-order valence-corrected chi connectivity index (χ2v) is 8.04. The summed E-state index contributed by atoms with van der Waals surface area (Å²) < 4.78 is 80.2. The molecular formula is C20H23F6N3O2. The number of halogens is 6. The van der Waals surface area contributed by atoms with E-state index in [4.69, 9.17) is 0 Å². The summed E-state index contributed by atoms with van der Waals surface area (Å²) in [5, 5.41) is 5.22. The number of benzene rings is 1. The lowest BCUT2D eigenvalue weighted by Gasteiger charge is -2.38. The molecule has 172 valence electrons. The van der Waals surface area contributed by atoms with Crippen LogP contribution in [0.15, 0.2) is 12.1 Å². The lowest BCUT2D eigenvalue weighted by molar-refractivity contribution is -0.184. The van der Waals surface area contributed by atoms with E-state index in [2.05, 4.69) is 10.6 Å². The van der Waals surface area contributed by atoms with Gasteiger partial charge in [0, 0.05) is 13.1 Å². The van der Waals surface area contributed by atoms with Gasteiger partial charge in [0.05, 0.1) is 12.0 Å². The van der Waals surface area contributed by atoms with Gasteiger partial charge in [-0.1, -0.05) is 0 Å². The smallest absolute Gasteiger partial charge is 0.353 e. The third-order valence-electron chi connectivity index (χ3n) is 6.11. The van der Waals surface area contributed by atoms with Gasteiger partial charge in [-0.25, -0.2) is 18.0 Å². The first-order valence-electron chi connectivity index (χ1n) is 10.0. The Bertz CT molecular complexity index is 816. The van der Waals surface area contributed by atoms with E-state index in [1.54, 1.807) is 0 Å². The van der Waals surface area contributed by atoms with Gasteiger partial charge in [0.2, 0.25) is 5.91 Å². The van der Waals surface area contributed by atoms with Gasteiger partial charge in [-0.05, 0) is 56.2 Å². The second kappa shape index (κ2) is 8.96. The Morgan fingerprint density at radius 2 is 1.71 bits per heavy atom. The third-order valence-corrected chi connectivity index (χ3v) is 6.11. The molecule has 1 saturated carbocycles. The fourth-order valence-corrected chi connectivity index (χ4v) is 4.28. The van der Waals surface area contributed by atoms with Gasteiger partial charge in [-0.3, -0.25) is 4.79 Å². The number of nitrogens with one attached hydrogen (secondary N) is 2. The van der Waals surface area contributed by atoms with Crippen molar-refractivity contribution < 1.29 is 35.9 Å². The number of rotatable bonds is 3. The van der Waals surface area contributed by atoms with E-state index in [1.165, 1.54) is 11.8 Å². The molecule has 31 heavy (non-hydrogen) atoms. The Labute approximate surface area is 175 Å². The van der Waals surface area contributed by atoms with E-state index in [0.717, 1.165) is 12.1 Å². The van der Waals surface area contributed by atoms with Gasteiger partial charge in [0.15, 0.2) is 17.5 Å². The molecule has 0 radical (unpaired) electrons. The molecule has 1 aliphatic heterocycles. The Hall–Kier alpha value is -2.46. The molecule has 2 atom stereocenters. The highest BCUT2D eigenvalue weighted by molar-refractivity contribution is 5.88. The van der Waals surface area contributed by atoms with Crippen LogP contribution in [0, 0.1) is 29.3 Å². The fraction of sp³-hybridized carbons (Fsp3) is 0.600. The molecule has 1 aliphatic carbocycles. The molecule has 5 nitrogen and oxygen atoms in total. The number of amides is 3. The summed E-state index contributed by atoms with van der Waals surface area (Å²) in [5.74, 6) is -6.97. The van der Waals surface area contributed by atoms with Crippen molar-refractivity contribution in [3.05, 3.63) is 35.1 Å². The van der Waals surface area contributed by atoms with Gasteiger partial charge in [0.1, 0.15) is 6.04 Å². The van der Waals surface area contributed by atoms with Crippen LogP contribution in [-0.2, 0) is 4.79 Å². The van der Waals surface area contributed by atoms with Crippen molar-refractivity contribution in [1.29, 1.82) is 0 Å². The SMILES string of the molecule is C[C@@H]1C(=O)NCCN1C(=O)N[C@H](c1cc(F)c(F)c(F)c1)[C@H]1CC[C@H](C(F)(F)F)CC1. The van der Waals surface area contributed by atoms with Crippen LogP contribution in [0.2, 0.25) is 0 Å². The van der Waals surface area contributed by atoms with Crippen LogP contribution in [0.4, 0.5) is 31.1 Å². The van der Waals surface area contributed by atoms with Crippen molar-refractivity contribution in [2.24, 2.45) is 11.8 Å². The number of carbonyl (C=O) groups excluding carboxylic acids is 2. The highest BCUT2D eigenvalue weighted by atomic mass is 19.4. The van der Waals surface area contributed by atoms with Crippen molar-refractivity contribution in [1.82, 2.24) is 15.5 Å². The summed E-state index contributed by atoms with van der Waals surface area (Å²) in [6.45, 7) is 1.92. The highest BCUT2D eigenvalue weighted by Gasteiger charge is 2.43. The van der Waals surface area contributed by atoms with Gasteiger partial charge in [-0.15, -0.1) is 0 Å². The third kappa shape index (κ3) is 5.07. The lowest BCUT2D eigenvalue weighted by atomic mass is 9.76. The zero-order valence-electron chi connectivity index (χ0n) is 16.7. The van der Waals surface area contributed by atoms with Crippen LogP contribution in [0.1, 0.15) is 44.2 Å². The number of piperazine rings is 1. The first-order chi connectivity index (χ1) is 14.5. The zero-order valence-corrected chi connectivity index (χ0v) is 16.7. The van der Waals surface area contributed by atoms with E-state index in [1.807, 2.05) is 0 Å². The maximum atomic E-state index is 13.9. The molecule has 1 aromatic carbocycles. The Kier molecular flexibility index (Phi) is 6.70. The molecule has 3 amide bonds. The monoisotopic (exact) mass is 451 g/mol. The maximum Gasteiger partial charge on any atom is 0.391 e. The van der Waals surface area contributed by atoms with E-state index >= 15 is 0 Å². The van der Waals surface area contributed by atoms with Crippen LogP contribution >= 0.6 is 0 Å². The van der Waals surface area contributed by atoms with Crippen LogP contribution < -0.4 is 10.6 Å². The van der Waals surface area contributed by atoms with Crippen LogP contribution in [-0.4, -0.2) is 42.1 Å². The number of nitrogens with zero attached hydrogens (tertiary/aromatic N) is 1. The molecule has 11 heteroatoms. The topological polar surface area (TPSA) is 61.4 Å². The fourth-order valence-electron chi connectivity index (χ4n) is 4.28. The summed E-state index contributed by atoms with van der Waals surface area (Å²) in [5.41, 5.74) is -0.0747. The summed E-state index contributed by atoms with van der Waals surface area (Å²) in [6, 6.07) is -1.03. The maximum absolute atomic E-state index is 13.9. The number of hydrogen-bond donors (Lipinski definition) is 2. The second-order valence-electron chi connectivity index (χ2n) is 8.04. The molecule has 1 aromatic rings. The summed E-state index contributed by atoms with van der Waals surface area (Å²) in [4.78, 5) is 25.9. The average Bonchev–Trinajstić information content (AvgIpc) is 2.71. The molecule has 2 N–H and O–H groups in total. The van der Waals surface area contributed by atoms with Gasteiger partial charge in [-0.2, -0.15) is 13.2 Å². The Balaban J connectivity index is 1.85. The largest absolute Gasteiger partial charge is 0.391 e. The van der Waals surface area contributed by atoms with E-state index in [9.17, 15) is 35.9 Å². The minimum atomic E-state index is -4.34. The average molecular weight is 451 g/mol. The quantitative estimate of drug-likeness (QED) is 0.538. The minimum Gasteiger partial charge on any atom is -0.353 e. The molecular weight excluding hydrogens is 428 g/mol. The van der Waals surface area contributed by atoms with Crippen molar-refractivity contribution in [3.8, 4) is 0 Å². The van der Waals surface area contributed by atoms with E-state index < -0.39 is 53.6 Å². The predicted molar refractivity (Wildman–Crippen MR) is 98.3 cm³/mol. The summed E-state index contributed by atoms with van der Waals surface area (Å²) in [6.07, 6.45) is -4.59. The molecule has 1 saturated heterocycles. The minimum absolute atomic E-state index is 0.0613. The molecule has 2 aliphatic rings. The number of carbonyl (C=O) groups is 2. The molecule has 0 aromatic heterocycles. The van der Waals surface area contributed by atoms with Crippen molar-refractivity contribution in [2.75, 3.05) is 13.1 Å². The number of hydrogen-bond acceptors (Lipinski definition) is 2. The van der Waals surface area contributed by atoms with Crippen molar-refractivity contribution >= 4 is 11.9 Å². The molecule has 0 unspecified atom stereocenters. The zero-order chi connectivity index (χ0) is 22.9. The lowest BCUT2D eigenvalue weighted by Crippen LogP contribution is -2.58. The number of alkyl halides is 3. The van der Waals surface area contributed by atoms with Crippen LogP contribution in [0.25, 0.3) is 0 Å². The van der Waals surface area contributed by atoms with Crippen LogP contribution in [0.5, 0.6) is 0 Å². The van der Waals surface area contributed by atoms with Crippen molar-refractivity contribution in [3.63, 3.8) is 0 Å². The van der Waals surface area contributed by atoms with E-state index in [-0.39, 0.29) is 50.2 Å². The van der Waals surface area contributed by atoms with E-state index in [0.29, 0.717) is 0 Å². The highest BCUT2D eigenvalue weighted by Crippen LogP contribution is 2.43. The van der Waals surface area contributed by atoms with Crippen molar-refractivity contribution in [2.45, 2.75) is 50.9 Å². The standard InChI is InChI=1S/C20H23F6N3O2/c1-10-18(30)27-6-7-29(10)19(31)28-17(12-8-14(21)16(23)15(22)9-12)11-2-4-13(5-3-11)20(24,25)26/h8-11,13,17H,2-7H2,1H3,(H,27,30)(H,28,31)/t10-,11-,13-,17+/m1/s1. The van der Waals surface area contributed by atoms with Gasteiger partial charge >= 0.3 is 12.2 Å².